The zero-order chi connectivity index (χ0) is 15.7. The van der Waals surface area contributed by atoms with Gasteiger partial charge in [-0.3, -0.25) is 4.79 Å². The fourth-order valence-corrected chi connectivity index (χ4v) is 2.16. The van der Waals surface area contributed by atoms with E-state index in [0.717, 1.165) is 4.47 Å². The Hall–Kier alpha value is -0.900. The molecule has 0 aliphatic carbocycles. The van der Waals surface area contributed by atoms with Crippen LogP contribution in [0.15, 0.2) is 22.7 Å². The molecule has 20 heavy (non-hydrogen) atoms. The van der Waals surface area contributed by atoms with Crippen LogP contribution in [0.25, 0.3) is 0 Å². The van der Waals surface area contributed by atoms with Crippen LogP contribution in [-0.4, -0.2) is 5.97 Å². The minimum Gasteiger partial charge on any atom is -0.456 e. The summed E-state index contributed by atoms with van der Waals surface area (Å²) in [6.45, 7) is 11.3. The molecule has 0 radical (unpaired) electrons. The molecule has 0 fully saturated rings. The molecule has 0 heterocycles. The van der Waals surface area contributed by atoms with Gasteiger partial charge in [0.15, 0.2) is 0 Å². The molecule has 2 nitrogen and oxygen atoms in total. The van der Waals surface area contributed by atoms with Crippen LogP contribution in [0.2, 0.25) is 0 Å². The third-order valence-electron chi connectivity index (χ3n) is 2.86. The Kier molecular flexibility index (Phi) is 5.01. The van der Waals surface area contributed by atoms with Gasteiger partial charge in [0.2, 0.25) is 0 Å². The van der Waals surface area contributed by atoms with Gasteiger partial charge in [0.1, 0.15) is 11.9 Å². The van der Waals surface area contributed by atoms with Crippen molar-refractivity contribution in [3.05, 3.63) is 34.1 Å². The summed E-state index contributed by atoms with van der Waals surface area (Å²) in [6.07, 6.45) is -0.515. The number of hydrogen-bond donors (Lipinski definition) is 0. The number of carbonyl (C=O) groups is 1. The third-order valence-corrected chi connectivity index (χ3v) is 3.59. The molecule has 0 saturated heterocycles. The summed E-state index contributed by atoms with van der Waals surface area (Å²) in [5.41, 5.74) is -0.282. The van der Waals surface area contributed by atoms with Crippen molar-refractivity contribution >= 4 is 21.9 Å². The maximum atomic E-state index is 13.5. The fraction of sp³-hybridized carbons (Fsp3) is 0.562. The Morgan fingerprint density at radius 3 is 2.20 bits per heavy atom. The van der Waals surface area contributed by atoms with Gasteiger partial charge in [-0.25, -0.2) is 4.39 Å². The van der Waals surface area contributed by atoms with E-state index in [9.17, 15) is 9.18 Å². The van der Waals surface area contributed by atoms with Gasteiger partial charge in [-0.15, -0.1) is 0 Å². The summed E-state index contributed by atoms with van der Waals surface area (Å²) in [4.78, 5) is 12.2. The van der Waals surface area contributed by atoms with Gasteiger partial charge >= 0.3 is 5.97 Å². The highest BCUT2D eigenvalue weighted by molar-refractivity contribution is 9.10. The largest absolute Gasteiger partial charge is 0.456 e. The van der Waals surface area contributed by atoms with Crippen LogP contribution in [-0.2, 0) is 9.53 Å². The summed E-state index contributed by atoms with van der Waals surface area (Å²) >= 11 is 3.41. The van der Waals surface area contributed by atoms with Gasteiger partial charge < -0.3 is 4.74 Å². The predicted molar refractivity (Wildman–Crippen MR) is 81.8 cm³/mol. The van der Waals surface area contributed by atoms with Gasteiger partial charge in [-0.2, -0.15) is 0 Å². The number of esters is 1. The zero-order valence-corrected chi connectivity index (χ0v) is 14.5. The summed E-state index contributed by atoms with van der Waals surface area (Å²) in [5, 5.41) is 0. The van der Waals surface area contributed by atoms with E-state index in [1.165, 1.54) is 12.1 Å². The van der Waals surface area contributed by atoms with Crippen molar-refractivity contribution in [2.45, 2.75) is 47.6 Å². The van der Waals surface area contributed by atoms with E-state index in [1.54, 1.807) is 26.8 Å². The maximum absolute atomic E-state index is 13.5. The first-order chi connectivity index (χ1) is 8.93. The van der Waals surface area contributed by atoms with Crippen LogP contribution < -0.4 is 0 Å². The number of carbonyl (C=O) groups excluding carboxylic acids is 1. The molecule has 0 spiro atoms. The average Bonchev–Trinajstić information content (AvgIpc) is 2.26. The van der Waals surface area contributed by atoms with Crippen molar-refractivity contribution in [1.29, 1.82) is 0 Å². The SMILES string of the molecule is CC(C)(C)C(=O)OC(c1cc(F)ccc1Br)C(C)(C)C. The second-order valence-corrected chi connectivity index (χ2v) is 7.92. The van der Waals surface area contributed by atoms with E-state index in [0.29, 0.717) is 5.56 Å². The molecule has 0 bridgehead atoms. The molecule has 0 aromatic heterocycles. The molecule has 0 amide bonds. The number of rotatable bonds is 2. The second-order valence-electron chi connectivity index (χ2n) is 7.07. The third kappa shape index (κ3) is 4.30. The predicted octanol–water partition coefficient (Wildman–Crippen LogP) is 5.26. The normalized spacial score (nSPS) is 14.0. The van der Waals surface area contributed by atoms with Gasteiger partial charge in [-0.1, -0.05) is 36.7 Å². The maximum Gasteiger partial charge on any atom is 0.311 e. The van der Waals surface area contributed by atoms with E-state index in [1.807, 2.05) is 20.8 Å². The molecular weight excluding hydrogens is 323 g/mol. The molecule has 1 aromatic carbocycles. The molecule has 112 valence electrons. The van der Waals surface area contributed by atoms with Crippen molar-refractivity contribution in [3.8, 4) is 0 Å². The van der Waals surface area contributed by atoms with Crippen LogP contribution in [0, 0.1) is 16.6 Å². The molecule has 1 unspecified atom stereocenters. The molecule has 0 saturated carbocycles. The van der Waals surface area contributed by atoms with Gasteiger partial charge in [0.05, 0.1) is 5.41 Å². The number of benzene rings is 1. The molecular formula is C16H22BrFO2. The Morgan fingerprint density at radius 2 is 1.75 bits per heavy atom. The Balaban J connectivity index is 3.21. The quantitative estimate of drug-likeness (QED) is 0.683. The number of hydrogen-bond acceptors (Lipinski definition) is 2. The lowest BCUT2D eigenvalue weighted by atomic mass is 9.84. The lowest BCUT2D eigenvalue weighted by Crippen LogP contribution is -2.30. The van der Waals surface area contributed by atoms with E-state index in [2.05, 4.69) is 15.9 Å². The molecule has 4 heteroatoms. The minimum absolute atomic E-state index is 0.298. The molecule has 0 aliphatic heterocycles. The first-order valence-electron chi connectivity index (χ1n) is 6.59. The van der Waals surface area contributed by atoms with Gasteiger partial charge in [-0.05, 0) is 39.0 Å². The molecule has 1 aromatic rings. The first-order valence-corrected chi connectivity index (χ1v) is 7.38. The highest BCUT2D eigenvalue weighted by Crippen LogP contribution is 2.40. The Labute approximate surface area is 128 Å². The smallest absolute Gasteiger partial charge is 0.311 e. The van der Waals surface area contributed by atoms with Gasteiger partial charge in [0.25, 0.3) is 0 Å². The van der Waals surface area contributed by atoms with Crippen LogP contribution in [0.4, 0.5) is 4.39 Å². The lowest BCUT2D eigenvalue weighted by Gasteiger charge is -2.33. The number of ether oxygens (including phenoxy) is 1. The molecule has 0 N–H and O–H groups in total. The fourth-order valence-electron chi connectivity index (χ4n) is 1.71. The van der Waals surface area contributed by atoms with E-state index < -0.39 is 11.5 Å². The molecule has 1 atom stereocenters. The summed E-state index contributed by atoms with van der Waals surface area (Å²) in [6, 6.07) is 4.42. The highest BCUT2D eigenvalue weighted by atomic mass is 79.9. The van der Waals surface area contributed by atoms with Crippen LogP contribution in [0.5, 0.6) is 0 Å². The van der Waals surface area contributed by atoms with Crippen LogP contribution in [0.1, 0.15) is 53.2 Å². The van der Waals surface area contributed by atoms with Crippen molar-refractivity contribution in [2.24, 2.45) is 10.8 Å². The lowest BCUT2D eigenvalue weighted by molar-refractivity contribution is -0.165. The van der Waals surface area contributed by atoms with E-state index in [-0.39, 0.29) is 17.2 Å². The van der Waals surface area contributed by atoms with E-state index in [4.69, 9.17) is 4.74 Å². The monoisotopic (exact) mass is 344 g/mol. The Bertz CT molecular complexity index is 498. The average molecular weight is 345 g/mol. The van der Waals surface area contributed by atoms with Crippen molar-refractivity contribution in [3.63, 3.8) is 0 Å². The highest BCUT2D eigenvalue weighted by Gasteiger charge is 2.35. The minimum atomic E-state index is -0.594. The second kappa shape index (κ2) is 5.84. The summed E-state index contributed by atoms with van der Waals surface area (Å²) in [7, 11) is 0. The number of halogens is 2. The molecule has 0 aliphatic rings. The van der Waals surface area contributed by atoms with Crippen LogP contribution in [0.3, 0.4) is 0 Å². The first kappa shape index (κ1) is 17.2. The summed E-state index contributed by atoms with van der Waals surface area (Å²) in [5.74, 6) is -0.641. The zero-order valence-electron chi connectivity index (χ0n) is 12.9. The summed E-state index contributed by atoms with van der Waals surface area (Å²) < 4.78 is 19.9. The van der Waals surface area contributed by atoms with Crippen molar-refractivity contribution in [2.75, 3.05) is 0 Å². The molecule has 1 rings (SSSR count). The topological polar surface area (TPSA) is 26.3 Å². The van der Waals surface area contributed by atoms with E-state index >= 15 is 0 Å². The van der Waals surface area contributed by atoms with Crippen molar-refractivity contribution in [1.82, 2.24) is 0 Å². The standard InChI is InChI=1S/C16H22BrFO2/c1-15(2,3)13(20-14(19)16(4,5)6)11-9-10(18)7-8-12(11)17/h7-9,13H,1-6H3. The van der Waals surface area contributed by atoms with Gasteiger partial charge in [0, 0.05) is 15.5 Å². The van der Waals surface area contributed by atoms with Crippen LogP contribution >= 0.6 is 15.9 Å². The Morgan fingerprint density at radius 1 is 1.20 bits per heavy atom. The van der Waals surface area contributed by atoms with Crippen molar-refractivity contribution < 1.29 is 13.9 Å².